The molecule has 2 unspecified atom stereocenters. The molecule has 1 aromatic heterocycles. The summed E-state index contributed by atoms with van der Waals surface area (Å²) in [6.45, 7) is 2.14. The van der Waals surface area contributed by atoms with E-state index in [2.05, 4.69) is 17.1 Å². The molecule has 2 aromatic rings. The van der Waals surface area contributed by atoms with Gasteiger partial charge < -0.3 is 10.3 Å². The minimum Gasteiger partial charge on any atom is -0.339 e. The van der Waals surface area contributed by atoms with Crippen LogP contribution in [0.3, 0.4) is 0 Å². The van der Waals surface area contributed by atoms with Crippen LogP contribution in [-0.4, -0.2) is 16.2 Å². The molecule has 1 aromatic carbocycles. The van der Waals surface area contributed by atoms with E-state index in [1.165, 1.54) is 12.8 Å². The summed E-state index contributed by atoms with van der Waals surface area (Å²) in [5.41, 5.74) is 7.21. The molecule has 0 radical (unpaired) electrons. The second-order valence-electron chi connectivity index (χ2n) is 6.09. The standard InChI is InChI=1S/C16H20ClN3O/c1-16(9-3-2-4-13(16)18)15-19-14(20-21-15)10-11-5-7-12(17)8-6-11/h5-8,13H,2-4,9-10,18H2,1H3. The van der Waals surface area contributed by atoms with E-state index < -0.39 is 0 Å². The molecule has 1 saturated carbocycles. The van der Waals surface area contributed by atoms with Crippen LogP contribution in [0.5, 0.6) is 0 Å². The average molecular weight is 306 g/mol. The normalized spacial score (nSPS) is 26.0. The Morgan fingerprint density at radius 1 is 1.33 bits per heavy atom. The molecular formula is C16H20ClN3O. The van der Waals surface area contributed by atoms with Crippen LogP contribution in [0.4, 0.5) is 0 Å². The zero-order valence-corrected chi connectivity index (χ0v) is 12.9. The van der Waals surface area contributed by atoms with Gasteiger partial charge in [-0.05, 0) is 37.5 Å². The van der Waals surface area contributed by atoms with Gasteiger partial charge in [-0.1, -0.05) is 41.7 Å². The maximum atomic E-state index is 6.28. The first kappa shape index (κ1) is 14.5. The lowest BCUT2D eigenvalue weighted by Gasteiger charge is -2.35. The van der Waals surface area contributed by atoms with E-state index in [4.69, 9.17) is 21.9 Å². The molecule has 0 saturated heterocycles. The quantitative estimate of drug-likeness (QED) is 0.943. The molecule has 3 rings (SSSR count). The van der Waals surface area contributed by atoms with E-state index in [0.29, 0.717) is 18.1 Å². The van der Waals surface area contributed by atoms with Gasteiger partial charge in [-0.15, -0.1) is 0 Å². The molecule has 4 nitrogen and oxygen atoms in total. The van der Waals surface area contributed by atoms with E-state index >= 15 is 0 Å². The lowest BCUT2D eigenvalue weighted by Crippen LogP contribution is -2.45. The van der Waals surface area contributed by atoms with Crippen molar-refractivity contribution in [1.82, 2.24) is 10.1 Å². The molecule has 0 spiro atoms. The van der Waals surface area contributed by atoms with Gasteiger partial charge in [0.15, 0.2) is 5.82 Å². The predicted octanol–water partition coefficient (Wildman–Crippen LogP) is 3.47. The summed E-state index contributed by atoms with van der Waals surface area (Å²) in [5, 5.41) is 4.84. The highest BCUT2D eigenvalue weighted by atomic mass is 35.5. The number of rotatable bonds is 3. The Balaban J connectivity index is 1.78. The fourth-order valence-electron chi connectivity index (χ4n) is 2.97. The van der Waals surface area contributed by atoms with E-state index in [1.54, 1.807) is 0 Å². The van der Waals surface area contributed by atoms with Crippen LogP contribution < -0.4 is 5.73 Å². The largest absolute Gasteiger partial charge is 0.339 e. The molecule has 1 aliphatic carbocycles. The minimum atomic E-state index is -0.191. The van der Waals surface area contributed by atoms with Gasteiger partial charge in [-0.3, -0.25) is 0 Å². The van der Waals surface area contributed by atoms with Crippen LogP contribution in [0.15, 0.2) is 28.8 Å². The Labute approximate surface area is 129 Å². The summed E-state index contributed by atoms with van der Waals surface area (Å²) >= 11 is 5.89. The molecule has 21 heavy (non-hydrogen) atoms. The van der Waals surface area contributed by atoms with Crippen molar-refractivity contribution in [2.24, 2.45) is 5.73 Å². The summed E-state index contributed by atoms with van der Waals surface area (Å²) < 4.78 is 5.51. The second-order valence-corrected chi connectivity index (χ2v) is 6.53. The highest BCUT2D eigenvalue weighted by molar-refractivity contribution is 6.30. The number of aromatic nitrogens is 2. The van der Waals surface area contributed by atoms with E-state index in [0.717, 1.165) is 23.4 Å². The first-order chi connectivity index (χ1) is 10.1. The average Bonchev–Trinajstić information content (AvgIpc) is 2.94. The molecule has 2 N–H and O–H groups in total. The highest BCUT2D eigenvalue weighted by Gasteiger charge is 2.40. The lowest BCUT2D eigenvalue weighted by atomic mass is 9.72. The molecule has 1 heterocycles. The molecule has 0 bridgehead atoms. The third-order valence-corrected chi connectivity index (χ3v) is 4.76. The highest BCUT2D eigenvalue weighted by Crippen LogP contribution is 2.37. The maximum Gasteiger partial charge on any atom is 0.234 e. The van der Waals surface area contributed by atoms with E-state index in [1.807, 2.05) is 24.3 Å². The summed E-state index contributed by atoms with van der Waals surface area (Å²) in [5.74, 6) is 1.38. The van der Waals surface area contributed by atoms with E-state index in [-0.39, 0.29) is 11.5 Å². The van der Waals surface area contributed by atoms with E-state index in [9.17, 15) is 0 Å². The molecule has 1 aliphatic rings. The van der Waals surface area contributed by atoms with Crippen molar-refractivity contribution in [1.29, 1.82) is 0 Å². The Morgan fingerprint density at radius 2 is 2.10 bits per heavy atom. The Hall–Kier alpha value is -1.39. The van der Waals surface area contributed by atoms with Gasteiger partial charge >= 0.3 is 0 Å². The minimum absolute atomic E-state index is 0.0927. The van der Waals surface area contributed by atoms with Crippen molar-refractivity contribution in [2.75, 3.05) is 0 Å². The van der Waals surface area contributed by atoms with Gasteiger partial charge in [-0.2, -0.15) is 4.98 Å². The first-order valence-electron chi connectivity index (χ1n) is 7.41. The lowest BCUT2D eigenvalue weighted by molar-refractivity contribution is 0.203. The number of benzene rings is 1. The maximum absolute atomic E-state index is 6.28. The third kappa shape index (κ3) is 2.97. The number of hydrogen-bond acceptors (Lipinski definition) is 4. The van der Waals surface area contributed by atoms with Crippen molar-refractivity contribution < 1.29 is 4.52 Å². The monoisotopic (exact) mass is 305 g/mol. The molecule has 112 valence electrons. The number of nitrogens with two attached hydrogens (primary N) is 1. The van der Waals surface area contributed by atoms with Crippen molar-refractivity contribution in [3.63, 3.8) is 0 Å². The SMILES string of the molecule is CC1(c2nc(Cc3ccc(Cl)cc3)no2)CCCCC1N. The van der Waals surface area contributed by atoms with Crippen LogP contribution in [0, 0.1) is 0 Å². The number of halogens is 1. The summed E-state index contributed by atoms with van der Waals surface area (Å²) in [4.78, 5) is 4.58. The third-order valence-electron chi connectivity index (χ3n) is 4.51. The zero-order chi connectivity index (χ0) is 14.9. The summed E-state index contributed by atoms with van der Waals surface area (Å²) in [6.07, 6.45) is 5.02. The number of nitrogens with zero attached hydrogens (tertiary/aromatic N) is 2. The van der Waals surface area contributed by atoms with Crippen molar-refractivity contribution in [2.45, 2.75) is 50.5 Å². The van der Waals surface area contributed by atoms with Gasteiger partial charge in [0.25, 0.3) is 0 Å². The van der Waals surface area contributed by atoms with Gasteiger partial charge in [0.05, 0.1) is 5.41 Å². The smallest absolute Gasteiger partial charge is 0.234 e. The molecule has 0 amide bonds. The number of hydrogen-bond donors (Lipinski definition) is 1. The first-order valence-corrected chi connectivity index (χ1v) is 7.79. The summed E-state index contributed by atoms with van der Waals surface area (Å²) in [6, 6.07) is 7.79. The Morgan fingerprint density at radius 3 is 2.81 bits per heavy atom. The van der Waals surface area contributed by atoms with Crippen LogP contribution >= 0.6 is 11.6 Å². The Kier molecular flexibility index (Phi) is 4.00. The van der Waals surface area contributed by atoms with Crippen molar-refractivity contribution in [3.8, 4) is 0 Å². The van der Waals surface area contributed by atoms with Gasteiger partial charge in [0.2, 0.25) is 5.89 Å². The fraction of sp³-hybridized carbons (Fsp3) is 0.500. The van der Waals surface area contributed by atoms with Crippen LogP contribution in [0.25, 0.3) is 0 Å². The van der Waals surface area contributed by atoms with Crippen LogP contribution in [0.2, 0.25) is 5.02 Å². The second kappa shape index (κ2) is 5.78. The molecule has 0 aliphatic heterocycles. The van der Waals surface area contributed by atoms with Gasteiger partial charge in [0.1, 0.15) is 0 Å². The zero-order valence-electron chi connectivity index (χ0n) is 12.2. The van der Waals surface area contributed by atoms with Gasteiger partial charge in [0, 0.05) is 17.5 Å². The summed E-state index contributed by atoms with van der Waals surface area (Å²) in [7, 11) is 0. The van der Waals surface area contributed by atoms with Crippen LogP contribution in [0.1, 0.15) is 49.9 Å². The van der Waals surface area contributed by atoms with Gasteiger partial charge in [-0.25, -0.2) is 0 Å². The fourth-order valence-corrected chi connectivity index (χ4v) is 3.09. The molecular weight excluding hydrogens is 286 g/mol. The van der Waals surface area contributed by atoms with Crippen molar-refractivity contribution in [3.05, 3.63) is 46.6 Å². The predicted molar refractivity (Wildman–Crippen MR) is 82.4 cm³/mol. The molecule has 1 fully saturated rings. The molecule has 2 atom stereocenters. The van der Waals surface area contributed by atoms with Crippen LogP contribution in [-0.2, 0) is 11.8 Å². The topological polar surface area (TPSA) is 64.9 Å². The Bertz CT molecular complexity index is 610. The molecule has 5 heteroatoms. The van der Waals surface area contributed by atoms with Crippen molar-refractivity contribution >= 4 is 11.6 Å².